The first-order chi connectivity index (χ1) is 8.14. The van der Waals surface area contributed by atoms with Gasteiger partial charge in [-0.15, -0.1) is 0 Å². The molecule has 0 unspecified atom stereocenters. The SMILES string of the molecule is CCCC/C(C)=N/CCC[Si](OC)(OC)OC. The number of hydrogen-bond donors (Lipinski definition) is 0. The van der Waals surface area contributed by atoms with E-state index in [9.17, 15) is 0 Å². The first-order valence-electron chi connectivity index (χ1n) is 6.29. The summed E-state index contributed by atoms with van der Waals surface area (Å²) in [5.74, 6) is 0. The van der Waals surface area contributed by atoms with Gasteiger partial charge in [0.05, 0.1) is 0 Å². The monoisotopic (exact) mass is 261 g/mol. The molecule has 4 nitrogen and oxygen atoms in total. The Morgan fingerprint density at radius 3 is 2.12 bits per heavy atom. The zero-order chi connectivity index (χ0) is 13.1. The van der Waals surface area contributed by atoms with Crippen LogP contribution >= 0.6 is 0 Å². The van der Waals surface area contributed by atoms with E-state index in [4.69, 9.17) is 13.3 Å². The molecule has 0 rings (SSSR count). The molecule has 0 N–H and O–H groups in total. The molecule has 102 valence electrons. The Morgan fingerprint density at radius 1 is 1.06 bits per heavy atom. The van der Waals surface area contributed by atoms with Crippen molar-refractivity contribution in [2.45, 2.75) is 45.6 Å². The normalized spacial score (nSPS) is 13.1. The lowest BCUT2D eigenvalue weighted by Gasteiger charge is -2.23. The molecular formula is C12H27NO3Si. The van der Waals surface area contributed by atoms with Crippen LogP contribution in [0.4, 0.5) is 0 Å². The second-order valence-corrected chi connectivity index (χ2v) is 7.21. The van der Waals surface area contributed by atoms with Crippen LogP contribution in [-0.2, 0) is 13.3 Å². The van der Waals surface area contributed by atoms with Crippen LogP contribution in [0.2, 0.25) is 6.04 Å². The molecule has 0 fully saturated rings. The van der Waals surface area contributed by atoms with E-state index in [1.807, 2.05) is 0 Å². The smallest absolute Gasteiger partial charge is 0.377 e. The van der Waals surface area contributed by atoms with Crippen LogP contribution in [-0.4, -0.2) is 42.4 Å². The Labute approximate surface area is 107 Å². The molecule has 0 saturated heterocycles. The molecule has 0 heterocycles. The van der Waals surface area contributed by atoms with Crippen LogP contribution in [0, 0.1) is 0 Å². The summed E-state index contributed by atoms with van der Waals surface area (Å²) < 4.78 is 16.1. The molecule has 0 aliphatic heterocycles. The molecule has 0 bridgehead atoms. The van der Waals surface area contributed by atoms with E-state index >= 15 is 0 Å². The fraction of sp³-hybridized carbons (Fsp3) is 0.917. The van der Waals surface area contributed by atoms with Crippen molar-refractivity contribution in [3.8, 4) is 0 Å². The fourth-order valence-electron chi connectivity index (χ4n) is 1.63. The molecule has 0 aromatic heterocycles. The maximum atomic E-state index is 5.35. The number of rotatable bonds is 10. The minimum Gasteiger partial charge on any atom is -0.377 e. The molecule has 17 heavy (non-hydrogen) atoms. The molecule has 0 amide bonds. The third-order valence-corrected chi connectivity index (χ3v) is 5.68. The second-order valence-electron chi connectivity index (χ2n) is 4.12. The van der Waals surface area contributed by atoms with Crippen molar-refractivity contribution in [3.05, 3.63) is 0 Å². The minimum absolute atomic E-state index is 0.820. The molecule has 0 spiro atoms. The molecule has 0 radical (unpaired) electrons. The van der Waals surface area contributed by atoms with Crippen LogP contribution in [0.5, 0.6) is 0 Å². The summed E-state index contributed by atoms with van der Waals surface area (Å²) in [6.07, 6.45) is 4.51. The highest BCUT2D eigenvalue weighted by molar-refractivity contribution is 6.60. The lowest BCUT2D eigenvalue weighted by molar-refractivity contribution is 0.123. The second kappa shape index (κ2) is 9.76. The summed E-state index contributed by atoms with van der Waals surface area (Å²) in [7, 11) is 2.56. The van der Waals surface area contributed by atoms with Crippen molar-refractivity contribution in [1.82, 2.24) is 0 Å². The molecular weight excluding hydrogens is 234 g/mol. The Hall–Kier alpha value is -0.233. The molecule has 5 heteroatoms. The van der Waals surface area contributed by atoms with Crippen molar-refractivity contribution in [1.29, 1.82) is 0 Å². The third-order valence-electron chi connectivity index (χ3n) is 2.85. The van der Waals surface area contributed by atoms with Crippen LogP contribution < -0.4 is 0 Å². The van der Waals surface area contributed by atoms with Crippen molar-refractivity contribution in [2.75, 3.05) is 27.9 Å². The van der Waals surface area contributed by atoms with Gasteiger partial charge in [-0.3, -0.25) is 4.99 Å². The highest BCUT2D eigenvalue weighted by atomic mass is 28.4. The van der Waals surface area contributed by atoms with E-state index in [1.54, 1.807) is 21.3 Å². The number of aliphatic imine (C=N–C) groups is 1. The van der Waals surface area contributed by atoms with E-state index < -0.39 is 8.80 Å². The topological polar surface area (TPSA) is 40.0 Å². The van der Waals surface area contributed by atoms with Gasteiger partial charge >= 0.3 is 8.80 Å². The molecule has 0 saturated carbocycles. The van der Waals surface area contributed by atoms with Gasteiger partial charge in [0.25, 0.3) is 0 Å². The lowest BCUT2D eigenvalue weighted by atomic mass is 10.2. The highest BCUT2D eigenvalue weighted by Crippen LogP contribution is 2.14. The first-order valence-corrected chi connectivity index (χ1v) is 8.22. The average Bonchev–Trinajstić information content (AvgIpc) is 2.37. The van der Waals surface area contributed by atoms with E-state index in [1.165, 1.54) is 18.6 Å². The van der Waals surface area contributed by atoms with Crippen molar-refractivity contribution in [3.63, 3.8) is 0 Å². The van der Waals surface area contributed by atoms with Crippen LogP contribution in [0.1, 0.15) is 39.5 Å². The molecule has 0 aromatic carbocycles. The summed E-state index contributed by atoms with van der Waals surface area (Å²) >= 11 is 0. The van der Waals surface area contributed by atoms with Crippen LogP contribution in [0.15, 0.2) is 4.99 Å². The summed E-state index contributed by atoms with van der Waals surface area (Å²) in [6.45, 7) is 5.13. The van der Waals surface area contributed by atoms with E-state index in [0.29, 0.717) is 0 Å². The van der Waals surface area contributed by atoms with Crippen LogP contribution in [0.3, 0.4) is 0 Å². The van der Waals surface area contributed by atoms with Gasteiger partial charge < -0.3 is 13.3 Å². The summed E-state index contributed by atoms with van der Waals surface area (Å²) in [6, 6.07) is 0.820. The maximum Gasteiger partial charge on any atom is 0.500 e. The van der Waals surface area contributed by atoms with Gasteiger partial charge in [-0.2, -0.15) is 0 Å². The molecule has 0 atom stereocenters. The van der Waals surface area contributed by atoms with Crippen molar-refractivity contribution >= 4 is 14.5 Å². The molecule has 0 aromatic rings. The first kappa shape index (κ1) is 16.8. The third kappa shape index (κ3) is 6.93. The summed E-state index contributed by atoms with van der Waals surface area (Å²) in [5.41, 5.74) is 1.24. The maximum absolute atomic E-state index is 5.35. The van der Waals surface area contributed by atoms with Gasteiger partial charge in [0.2, 0.25) is 0 Å². The highest BCUT2D eigenvalue weighted by Gasteiger charge is 2.36. The van der Waals surface area contributed by atoms with Gasteiger partial charge in [0, 0.05) is 39.6 Å². The average molecular weight is 261 g/mol. The number of hydrogen-bond acceptors (Lipinski definition) is 4. The summed E-state index contributed by atoms with van der Waals surface area (Å²) in [5, 5.41) is 0. The summed E-state index contributed by atoms with van der Waals surface area (Å²) in [4.78, 5) is 4.54. The number of unbranched alkanes of at least 4 members (excludes halogenated alkanes) is 1. The zero-order valence-corrected chi connectivity index (χ0v) is 12.9. The quantitative estimate of drug-likeness (QED) is 0.345. The Morgan fingerprint density at radius 2 is 1.65 bits per heavy atom. The molecule has 0 aliphatic rings. The minimum atomic E-state index is -2.38. The predicted molar refractivity (Wildman–Crippen MR) is 73.7 cm³/mol. The van der Waals surface area contributed by atoms with Gasteiger partial charge in [-0.25, -0.2) is 0 Å². The standard InChI is InChI=1S/C12H27NO3Si/c1-6-7-9-12(2)13-10-8-11-17(14-3,15-4)16-5/h6-11H2,1-5H3/b13-12+. The van der Waals surface area contributed by atoms with Crippen LogP contribution in [0.25, 0.3) is 0 Å². The van der Waals surface area contributed by atoms with Gasteiger partial charge in [-0.1, -0.05) is 13.3 Å². The van der Waals surface area contributed by atoms with E-state index in [-0.39, 0.29) is 0 Å². The lowest BCUT2D eigenvalue weighted by Crippen LogP contribution is -2.42. The Bertz CT molecular complexity index is 210. The van der Waals surface area contributed by atoms with Crippen molar-refractivity contribution in [2.24, 2.45) is 4.99 Å². The Kier molecular flexibility index (Phi) is 9.63. The Balaban J connectivity index is 3.89. The number of nitrogens with zero attached hydrogens (tertiary/aromatic N) is 1. The van der Waals surface area contributed by atoms with Gasteiger partial charge in [0.1, 0.15) is 0 Å². The van der Waals surface area contributed by atoms with Gasteiger partial charge in [0.15, 0.2) is 0 Å². The van der Waals surface area contributed by atoms with E-state index in [0.717, 1.165) is 25.4 Å². The fourth-order valence-corrected chi connectivity index (χ4v) is 3.34. The van der Waals surface area contributed by atoms with E-state index in [2.05, 4.69) is 18.8 Å². The largest absolute Gasteiger partial charge is 0.500 e. The predicted octanol–water partition coefficient (Wildman–Crippen LogP) is 2.91. The zero-order valence-electron chi connectivity index (χ0n) is 11.9. The van der Waals surface area contributed by atoms with Crippen molar-refractivity contribution < 1.29 is 13.3 Å². The molecule has 0 aliphatic carbocycles. The van der Waals surface area contributed by atoms with Gasteiger partial charge in [-0.05, 0) is 26.2 Å².